The first-order valence-electron chi connectivity index (χ1n) is 12.1. The van der Waals surface area contributed by atoms with E-state index in [-0.39, 0.29) is 25.2 Å². The summed E-state index contributed by atoms with van der Waals surface area (Å²) in [5.41, 5.74) is 1.08. The van der Waals surface area contributed by atoms with Crippen LogP contribution in [0.2, 0.25) is 5.02 Å². The minimum atomic E-state index is -4.62. The van der Waals surface area contributed by atoms with Crippen molar-refractivity contribution >= 4 is 23.2 Å². The lowest BCUT2D eigenvalue weighted by atomic mass is 10.1. The third-order valence-corrected chi connectivity index (χ3v) is 6.58. The van der Waals surface area contributed by atoms with Crippen LogP contribution < -0.4 is 4.74 Å². The number of ether oxygens (including phenoxy) is 1. The molecular weight excluding hydrogens is 538 g/mol. The van der Waals surface area contributed by atoms with E-state index < -0.39 is 34.6 Å². The molecule has 0 bridgehead atoms. The summed E-state index contributed by atoms with van der Waals surface area (Å²) in [5, 5.41) is 9.42. The summed E-state index contributed by atoms with van der Waals surface area (Å²) in [6.07, 6.45) is -5.14. The van der Waals surface area contributed by atoms with Gasteiger partial charge < -0.3 is 14.7 Å². The number of aromatic nitrogens is 2. The maximum Gasteiger partial charge on any atom is 0.417 e. The fourth-order valence-electron chi connectivity index (χ4n) is 4.28. The molecule has 1 unspecified atom stereocenters. The van der Waals surface area contributed by atoms with Crippen molar-refractivity contribution in [2.45, 2.75) is 39.1 Å². The molecule has 0 radical (unpaired) electrons. The Morgan fingerprint density at radius 3 is 2.54 bits per heavy atom. The molecule has 0 aliphatic rings. The van der Waals surface area contributed by atoms with Gasteiger partial charge >= 0.3 is 6.18 Å². The second-order valence-corrected chi connectivity index (χ2v) is 9.62. The zero-order valence-corrected chi connectivity index (χ0v) is 22.1. The predicted molar refractivity (Wildman–Crippen MR) is 139 cm³/mol. The lowest BCUT2D eigenvalue weighted by Gasteiger charge is -2.24. The number of fused-ring (bicyclic) bond motifs is 1. The molecule has 2 heterocycles. The third kappa shape index (κ3) is 6.02. The third-order valence-electron chi connectivity index (χ3n) is 6.27. The van der Waals surface area contributed by atoms with E-state index in [1.54, 1.807) is 42.5 Å². The summed E-state index contributed by atoms with van der Waals surface area (Å²) >= 11 is 5.92. The van der Waals surface area contributed by atoms with Crippen molar-refractivity contribution in [3.63, 3.8) is 0 Å². The molecule has 6 nitrogen and oxygen atoms in total. The summed E-state index contributed by atoms with van der Waals surface area (Å²) in [7, 11) is 1.47. The number of hydrogen-bond donors (Lipinski definition) is 1. The molecule has 4 aromatic rings. The van der Waals surface area contributed by atoms with Crippen LogP contribution in [-0.4, -0.2) is 45.1 Å². The van der Waals surface area contributed by atoms with Crippen LogP contribution in [0.15, 0.2) is 54.6 Å². The average Bonchev–Trinajstić information content (AvgIpc) is 3.26. The van der Waals surface area contributed by atoms with Crippen LogP contribution in [0.3, 0.4) is 0 Å². The van der Waals surface area contributed by atoms with Gasteiger partial charge in [-0.2, -0.15) is 13.2 Å². The first-order valence-corrected chi connectivity index (χ1v) is 12.4. The van der Waals surface area contributed by atoms with E-state index in [1.807, 2.05) is 0 Å². The van der Waals surface area contributed by atoms with E-state index in [0.717, 1.165) is 6.07 Å². The number of aryl methyl sites for hydroxylation is 1. The molecule has 1 amide bonds. The summed E-state index contributed by atoms with van der Waals surface area (Å²) in [6, 6.07) is 12.8. The largest absolute Gasteiger partial charge is 0.482 e. The van der Waals surface area contributed by atoms with Crippen molar-refractivity contribution in [1.82, 2.24) is 14.3 Å². The summed E-state index contributed by atoms with van der Waals surface area (Å²) in [6.45, 7) is 3.17. The maximum atomic E-state index is 14.1. The van der Waals surface area contributed by atoms with Gasteiger partial charge in [0, 0.05) is 18.7 Å². The van der Waals surface area contributed by atoms with Crippen LogP contribution in [0.1, 0.15) is 40.5 Å². The van der Waals surface area contributed by atoms with Gasteiger partial charge in [0.1, 0.15) is 11.5 Å². The second kappa shape index (κ2) is 11.2. The van der Waals surface area contributed by atoms with Crippen molar-refractivity contribution in [3.8, 4) is 17.1 Å². The first-order chi connectivity index (χ1) is 18.4. The molecule has 2 aromatic carbocycles. The lowest BCUT2D eigenvalue weighted by Crippen LogP contribution is -2.33. The van der Waals surface area contributed by atoms with E-state index in [0.29, 0.717) is 33.9 Å². The number of methoxy groups -OCH3 is 1. The molecule has 0 saturated carbocycles. The van der Waals surface area contributed by atoms with Gasteiger partial charge in [0.2, 0.25) is 0 Å². The number of rotatable bonds is 8. The van der Waals surface area contributed by atoms with Crippen LogP contribution in [0.5, 0.6) is 5.88 Å². The highest BCUT2D eigenvalue weighted by atomic mass is 35.5. The number of alkyl halides is 3. The standard InChI is InChI=1S/C28H26ClF4N3O3/c1-16-13-19(8-10-22(16)30)26-25(34-23-5-4-6-24(39-3)36(23)26)27(38)35(12-11-17(2)37)15-18-7-9-20(21(29)14-18)28(31,32)33/h4-10,13-14,17,37H,11-12,15H2,1-3H3. The van der Waals surface area contributed by atoms with E-state index in [2.05, 4.69) is 4.98 Å². The number of amides is 1. The van der Waals surface area contributed by atoms with Gasteiger partial charge in [0.25, 0.3) is 5.91 Å². The molecule has 0 aliphatic carbocycles. The number of halogens is 5. The number of aliphatic hydroxyl groups is 1. The molecule has 0 saturated heterocycles. The molecule has 39 heavy (non-hydrogen) atoms. The van der Waals surface area contributed by atoms with E-state index >= 15 is 0 Å². The quantitative estimate of drug-likeness (QED) is 0.247. The van der Waals surface area contributed by atoms with Gasteiger partial charge in [0.05, 0.1) is 29.5 Å². The van der Waals surface area contributed by atoms with Crippen molar-refractivity contribution in [2.75, 3.05) is 13.7 Å². The Morgan fingerprint density at radius 2 is 1.92 bits per heavy atom. The summed E-state index contributed by atoms with van der Waals surface area (Å²) in [5.74, 6) is -0.555. The first kappa shape index (κ1) is 28.4. The van der Waals surface area contributed by atoms with Gasteiger partial charge in [0.15, 0.2) is 11.6 Å². The van der Waals surface area contributed by atoms with E-state index in [4.69, 9.17) is 16.3 Å². The number of nitrogens with zero attached hydrogens (tertiary/aromatic N) is 3. The van der Waals surface area contributed by atoms with Crippen LogP contribution in [0, 0.1) is 12.7 Å². The summed E-state index contributed by atoms with van der Waals surface area (Å²) < 4.78 is 60.9. The molecule has 1 atom stereocenters. The van der Waals surface area contributed by atoms with Crippen LogP contribution in [-0.2, 0) is 12.7 Å². The molecule has 0 aliphatic heterocycles. The predicted octanol–water partition coefficient (Wildman–Crippen LogP) is 6.54. The van der Waals surface area contributed by atoms with Crippen molar-refractivity contribution in [3.05, 3.63) is 87.8 Å². The van der Waals surface area contributed by atoms with Crippen LogP contribution >= 0.6 is 11.6 Å². The summed E-state index contributed by atoms with van der Waals surface area (Å²) in [4.78, 5) is 20.0. The van der Waals surface area contributed by atoms with Gasteiger partial charge in [-0.05, 0) is 73.9 Å². The smallest absolute Gasteiger partial charge is 0.417 e. The van der Waals surface area contributed by atoms with Crippen LogP contribution in [0.25, 0.3) is 16.9 Å². The van der Waals surface area contributed by atoms with Crippen molar-refractivity contribution in [2.24, 2.45) is 0 Å². The van der Waals surface area contributed by atoms with Gasteiger partial charge in [-0.1, -0.05) is 23.7 Å². The Hall–Kier alpha value is -3.63. The zero-order chi connectivity index (χ0) is 28.5. The number of imidazole rings is 1. The number of hydrogen-bond acceptors (Lipinski definition) is 4. The fraction of sp³-hybridized carbons (Fsp3) is 0.286. The Kier molecular flexibility index (Phi) is 8.17. The van der Waals surface area contributed by atoms with Gasteiger partial charge in [-0.25, -0.2) is 9.37 Å². The SMILES string of the molecule is COc1cccc2nc(C(=O)N(CCC(C)O)Cc3ccc(C(F)(F)F)c(Cl)c3)c(-c3ccc(F)c(C)c3)n12. The fourth-order valence-corrected chi connectivity index (χ4v) is 4.59. The number of carbonyl (C=O) groups is 1. The highest BCUT2D eigenvalue weighted by Crippen LogP contribution is 2.36. The molecule has 11 heteroatoms. The van der Waals surface area contributed by atoms with Crippen molar-refractivity contribution < 1.29 is 32.2 Å². The Labute approximate surface area is 227 Å². The number of pyridine rings is 1. The number of carbonyl (C=O) groups excluding carboxylic acids is 1. The number of benzene rings is 2. The maximum absolute atomic E-state index is 14.1. The highest BCUT2D eigenvalue weighted by molar-refractivity contribution is 6.31. The Bertz CT molecular complexity index is 1520. The van der Waals surface area contributed by atoms with Gasteiger partial charge in [-0.3, -0.25) is 9.20 Å². The molecule has 0 fully saturated rings. The normalized spacial score (nSPS) is 12.5. The monoisotopic (exact) mass is 563 g/mol. The zero-order valence-electron chi connectivity index (χ0n) is 21.4. The lowest BCUT2D eigenvalue weighted by molar-refractivity contribution is -0.137. The molecule has 206 valence electrons. The van der Waals surface area contributed by atoms with E-state index in [9.17, 15) is 27.5 Å². The van der Waals surface area contributed by atoms with E-state index in [1.165, 1.54) is 36.3 Å². The molecule has 2 aromatic heterocycles. The topological polar surface area (TPSA) is 67.1 Å². The molecule has 1 N–H and O–H groups in total. The Balaban J connectivity index is 1.83. The second-order valence-electron chi connectivity index (χ2n) is 9.21. The van der Waals surface area contributed by atoms with Gasteiger partial charge in [-0.15, -0.1) is 0 Å². The highest BCUT2D eigenvalue weighted by Gasteiger charge is 2.33. The average molecular weight is 564 g/mol. The van der Waals surface area contributed by atoms with Crippen LogP contribution in [0.4, 0.5) is 17.6 Å². The van der Waals surface area contributed by atoms with Crippen molar-refractivity contribution in [1.29, 1.82) is 0 Å². The minimum Gasteiger partial charge on any atom is -0.482 e. The number of aliphatic hydroxyl groups excluding tert-OH is 1. The molecule has 0 spiro atoms. The molecule has 4 rings (SSSR count). The molecular formula is C28H26ClF4N3O3. The Morgan fingerprint density at radius 1 is 1.18 bits per heavy atom. The minimum absolute atomic E-state index is 0.0362.